The zero-order chi connectivity index (χ0) is 24.1. The number of fused-ring (bicyclic) bond motifs is 3. The van der Waals surface area contributed by atoms with Crippen molar-refractivity contribution in [3.05, 3.63) is 22.8 Å². The maximum atomic E-state index is 12.8. The molecule has 4 rings (SSSR count). The third kappa shape index (κ3) is 4.81. The molecule has 0 amide bonds. The second-order valence-electron chi connectivity index (χ2n) is 9.37. The van der Waals surface area contributed by atoms with E-state index in [0.29, 0.717) is 12.0 Å². The number of carbonyl (C=O) groups is 4. The molecule has 180 valence electrons. The first-order valence-electron chi connectivity index (χ1n) is 10.9. The molecule has 0 aromatic rings. The van der Waals surface area contributed by atoms with E-state index in [4.69, 9.17) is 28.4 Å². The highest BCUT2D eigenvalue weighted by Crippen LogP contribution is 2.49. The smallest absolute Gasteiger partial charge is 0.341 e. The fourth-order valence-electron chi connectivity index (χ4n) is 4.38. The van der Waals surface area contributed by atoms with Crippen LogP contribution in [0.1, 0.15) is 47.5 Å². The Hall–Kier alpha value is -2.72. The molecular formula is C23H28O10. The van der Waals surface area contributed by atoms with E-state index in [2.05, 4.69) is 0 Å². The maximum absolute atomic E-state index is 12.8. The lowest BCUT2D eigenvalue weighted by Gasteiger charge is -2.27. The van der Waals surface area contributed by atoms with Crippen LogP contribution < -0.4 is 0 Å². The number of esters is 4. The minimum atomic E-state index is -1.03. The van der Waals surface area contributed by atoms with Crippen LogP contribution in [0.3, 0.4) is 0 Å². The lowest BCUT2D eigenvalue weighted by molar-refractivity contribution is -0.153. The summed E-state index contributed by atoms with van der Waals surface area (Å²) in [5, 5.41) is 0. The molecule has 1 aliphatic carbocycles. The molecule has 2 fully saturated rings. The average molecular weight is 464 g/mol. The van der Waals surface area contributed by atoms with Crippen LogP contribution in [-0.4, -0.2) is 72.7 Å². The summed E-state index contributed by atoms with van der Waals surface area (Å²) >= 11 is 0. The van der Waals surface area contributed by atoms with Gasteiger partial charge in [0.05, 0.1) is 12.2 Å². The molecule has 0 spiro atoms. The van der Waals surface area contributed by atoms with Gasteiger partial charge in [0.2, 0.25) is 0 Å². The Bertz CT molecular complexity index is 958. The largest absolute Gasteiger partial charge is 0.461 e. The van der Waals surface area contributed by atoms with Crippen molar-refractivity contribution in [3.8, 4) is 0 Å². The predicted molar refractivity (Wildman–Crippen MR) is 110 cm³/mol. The lowest BCUT2D eigenvalue weighted by Crippen LogP contribution is -2.37. The Morgan fingerprint density at radius 2 is 1.85 bits per heavy atom. The molecule has 4 aliphatic rings. The first-order chi connectivity index (χ1) is 15.4. The number of carbonyl (C=O) groups excluding carboxylic acids is 4. The van der Waals surface area contributed by atoms with Crippen molar-refractivity contribution < 1.29 is 47.6 Å². The molecule has 3 heterocycles. The average Bonchev–Trinajstić information content (AvgIpc) is 3.56. The summed E-state index contributed by atoms with van der Waals surface area (Å²) in [5.41, 5.74) is -0.431. The van der Waals surface area contributed by atoms with E-state index in [1.165, 1.54) is 13.8 Å². The molecule has 3 aliphatic heterocycles. The standard InChI is InChI=1S/C23H28O10/c1-11-6-14(30-13(3)25)8-22(4)19(33-22)18-17(15(20(26)32-18)9-28-12(2)24)16(7-11)31-21(27)23(5)10-29-23/h6,14,16,18-19H,7-10H2,1-5H3. The van der Waals surface area contributed by atoms with Gasteiger partial charge >= 0.3 is 23.9 Å². The van der Waals surface area contributed by atoms with Gasteiger partial charge in [-0.25, -0.2) is 9.59 Å². The van der Waals surface area contributed by atoms with Gasteiger partial charge < -0.3 is 28.4 Å². The van der Waals surface area contributed by atoms with E-state index in [-0.39, 0.29) is 25.2 Å². The Morgan fingerprint density at radius 1 is 1.15 bits per heavy atom. The van der Waals surface area contributed by atoms with Crippen molar-refractivity contribution in [2.75, 3.05) is 13.2 Å². The van der Waals surface area contributed by atoms with Gasteiger partial charge in [-0.05, 0) is 26.8 Å². The molecule has 33 heavy (non-hydrogen) atoms. The topological polar surface area (TPSA) is 130 Å². The highest BCUT2D eigenvalue weighted by molar-refractivity contribution is 5.94. The molecule has 0 bridgehead atoms. The summed E-state index contributed by atoms with van der Waals surface area (Å²) < 4.78 is 33.2. The molecule has 0 N–H and O–H groups in total. The van der Waals surface area contributed by atoms with Gasteiger partial charge in [0, 0.05) is 32.3 Å². The second-order valence-corrected chi connectivity index (χ2v) is 9.37. The van der Waals surface area contributed by atoms with Gasteiger partial charge in [-0.1, -0.05) is 5.57 Å². The van der Waals surface area contributed by atoms with Crippen LogP contribution >= 0.6 is 0 Å². The van der Waals surface area contributed by atoms with Gasteiger partial charge in [0.15, 0.2) is 11.7 Å². The minimum Gasteiger partial charge on any atom is -0.461 e. The molecule has 6 unspecified atom stereocenters. The third-order valence-corrected chi connectivity index (χ3v) is 6.28. The molecule has 10 heteroatoms. The number of rotatable bonds is 5. The van der Waals surface area contributed by atoms with E-state index in [1.807, 2.05) is 13.8 Å². The van der Waals surface area contributed by atoms with Crippen molar-refractivity contribution in [2.45, 2.75) is 83.1 Å². The van der Waals surface area contributed by atoms with Crippen LogP contribution in [0.15, 0.2) is 22.8 Å². The van der Waals surface area contributed by atoms with Crippen molar-refractivity contribution in [1.82, 2.24) is 0 Å². The first-order valence-corrected chi connectivity index (χ1v) is 10.9. The third-order valence-electron chi connectivity index (χ3n) is 6.28. The van der Waals surface area contributed by atoms with E-state index in [1.54, 1.807) is 13.0 Å². The van der Waals surface area contributed by atoms with Crippen LogP contribution in [0.4, 0.5) is 0 Å². The minimum absolute atomic E-state index is 0.137. The number of hydrogen-bond acceptors (Lipinski definition) is 10. The van der Waals surface area contributed by atoms with E-state index >= 15 is 0 Å². The summed E-state index contributed by atoms with van der Waals surface area (Å²) in [6.07, 6.45) is -0.428. The van der Waals surface area contributed by atoms with Crippen LogP contribution in [0, 0.1) is 0 Å². The molecular weight excluding hydrogens is 436 g/mol. The van der Waals surface area contributed by atoms with Crippen LogP contribution in [0.5, 0.6) is 0 Å². The highest BCUT2D eigenvalue weighted by atomic mass is 16.7. The van der Waals surface area contributed by atoms with E-state index in [0.717, 1.165) is 5.57 Å². The molecule has 0 aromatic heterocycles. The Balaban J connectivity index is 1.74. The quantitative estimate of drug-likeness (QED) is 0.254. The summed E-state index contributed by atoms with van der Waals surface area (Å²) in [5.74, 6) is -2.20. The first kappa shape index (κ1) is 23.4. The summed E-state index contributed by atoms with van der Waals surface area (Å²) in [6, 6.07) is 0. The van der Waals surface area contributed by atoms with Crippen LogP contribution in [0.25, 0.3) is 0 Å². The predicted octanol–water partition coefficient (Wildman–Crippen LogP) is 1.30. The highest BCUT2D eigenvalue weighted by Gasteiger charge is 2.63. The zero-order valence-electron chi connectivity index (χ0n) is 19.3. The summed E-state index contributed by atoms with van der Waals surface area (Å²) in [6.45, 7) is 7.79. The molecule has 6 atom stereocenters. The normalized spacial score (nSPS) is 37.1. The van der Waals surface area contributed by atoms with Gasteiger partial charge in [0.25, 0.3) is 0 Å². The fourth-order valence-corrected chi connectivity index (χ4v) is 4.38. The van der Waals surface area contributed by atoms with Crippen molar-refractivity contribution in [3.63, 3.8) is 0 Å². The SMILES string of the molecule is CC(=O)OCC1=C2C(OC(=O)C3(C)CO3)CC(C)=CC(OC(C)=O)CC3(C)OC3C2OC1=O. The Labute approximate surface area is 191 Å². The number of ether oxygens (including phenoxy) is 6. The summed E-state index contributed by atoms with van der Waals surface area (Å²) in [7, 11) is 0. The zero-order valence-corrected chi connectivity index (χ0v) is 19.3. The molecule has 0 saturated carbocycles. The molecule has 0 radical (unpaired) electrons. The van der Waals surface area contributed by atoms with E-state index in [9.17, 15) is 19.2 Å². The molecule has 10 nitrogen and oxygen atoms in total. The molecule has 0 aromatic carbocycles. The van der Waals surface area contributed by atoms with Crippen molar-refractivity contribution in [1.29, 1.82) is 0 Å². The van der Waals surface area contributed by atoms with Gasteiger partial charge in [-0.3, -0.25) is 9.59 Å². The van der Waals surface area contributed by atoms with Gasteiger partial charge in [-0.15, -0.1) is 0 Å². The van der Waals surface area contributed by atoms with Crippen LogP contribution in [0.2, 0.25) is 0 Å². The molecule has 2 saturated heterocycles. The number of hydrogen-bond donors (Lipinski definition) is 0. The van der Waals surface area contributed by atoms with Crippen LogP contribution in [-0.2, 0) is 47.6 Å². The van der Waals surface area contributed by atoms with Crippen molar-refractivity contribution in [2.24, 2.45) is 0 Å². The monoisotopic (exact) mass is 464 g/mol. The van der Waals surface area contributed by atoms with Gasteiger partial charge in [-0.2, -0.15) is 0 Å². The summed E-state index contributed by atoms with van der Waals surface area (Å²) in [4.78, 5) is 48.6. The number of epoxide rings is 2. The van der Waals surface area contributed by atoms with E-state index < -0.39 is 59.5 Å². The van der Waals surface area contributed by atoms with Gasteiger partial charge in [0.1, 0.15) is 30.5 Å². The Morgan fingerprint density at radius 3 is 2.45 bits per heavy atom. The fraction of sp³-hybridized carbons (Fsp3) is 0.652. The second kappa shape index (κ2) is 8.25. The Kier molecular flexibility index (Phi) is 5.86. The van der Waals surface area contributed by atoms with Crippen molar-refractivity contribution >= 4 is 23.9 Å². The maximum Gasteiger partial charge on any atom is 0.341 e. The lowest BCUT2D eigenvalue weighted by atomic mass is 9.86.